The van der Waals surface area contributed by atoms with Gasteiger partial charge in [-0.1, -0.05) is 0 Å². The second-order valence-electron chi connectivity index (χ2n) is 7.78. The van der Waals surface area contributed by atoms with Gasteiger partial charge in [0.05, 0.1) is 23.4 Å². The second kappa shape index (κ2) is 9.23. The smallest absolute Gasteiger partial charge is 0.381 e. The molecule has 0 amide bonds. The molecular formula is C22H23F4N5O. The van der Waals surface area contributed by atoms with E-state index >= 15 is 0 Å². The van der Waals surface area contributed by atoms with Crippen molar-refractivity contribution >= 4 is 5.95 Å². The fourth-order valence-corrected chi connectivity index (χ4v) is 3.65. The molecule has 0 radical (unpaired) electrons. The molecule has 0 aliphatic carbocycles. The fourth-order valence-electron chi connectivity index (χ4n) is 3.65. The van der Waals surface area contributed by atoms with E-state index in [1.807, 2.05) is 0 Å². The van der Waals surface area contributed by atoms with Gasteiger partial charge < -0.3 is 14.6 Å². The highest BCUT2D eigenvalue weighted by molar-refractivity contribution is 5.77. The summed E-state index contributed by atoms with van der Waals surface area (Å²) in [6.45, 7) is 3.13. The lowest BCUT2D eigenvalue weighted by Crippen LogP contribution is -2.24. The topological polar surface area (TPSA) is 64.9 Å². The van der Waals surface area contributed by atoms with Crippen LogP contribution in [0.5, 0.6) is 0 Å². The summed E-state index contributed by atoms with van der Waals surface area (Å²) < 4.78 is 60.4. The summed E-state index contributed by atoms with van der Waals surface area (Å²) in [4.78, 5) is 12.9. The van der Waals surface area contributed by atoms with Gasteiger partial charge >= 0.3 is 6.18 Å². The number of imidazole rings is 1. The van der Waals surface area contributed by atoms with Crippen LogP contribution in [-0.2, 0) is 4.74 Å². The Balaban J connectivity index is 1.70. The van der Waals surface area contributed by atoms with Gasteiger partial charge in [0.1, 0.15) is 11.9 Å². The number of aromatic nitrogens is 4. The number of hydrogen-bond donors (Lipinski definition) is 1. The normalized spacial score (nSPS) is 16.2. The zero-order valence-electron chi connectivity index (χ0n) is 17.4. The molecule has 1 aromatic carbocycles. The summed E-state index contributed by atoms with van der Waals surface area (Å²) in [7, 11) is 0. The monoisotopic (exact) mass is 449 g/mol. The SMILES string of the molecule is CC(n1cnc(-c2ccc(F)cc2)c1-c1ccnc(NCC2CCOCC2)n1)C(F)(F)F. The van der Waals surface area contributed by atoms with Crippen LogP contribution in [0, 0.1) is 11.7 Å². The number of hydrogen-bond acceptors (Lipinski definition) is 5. The molecule has 3 aromatic rings. The summed E-state index contributed by atoms with van der Waals surface area (Å²) in [5.74, 6) is 0.299. The minimum Gasteiger partial charge on any atom is -0.381 e. The maximum absolute atomic E-state index is 13.5. The fraction of sp³-hybridized carbons (Fsp3) is 0.409. The molecular weight excluding hydrogens is 426 g/mol. The van der Waals surface area contributed by atoms with Crippen molar-refractivity contribution in [3.05, 3.63) is 48.7 Å². The predicted molar refractivity (Wildman–Crippen MR) is 111 cm³/mol. The van der Waals surface area contributed by atoms with E-state index in [0.29, 0.717) is 42.9 Å². The second-order valence-corrected chi connectivity index (χ2v) is 7.78. The van der Waals surface area contributed by atoms with E-state index in [4.69, 9.17) is 4.74 Å². The van der Waals surface area contributed by atoms with Crippen molar-refractivity contribution in [2.45, 2.75) is 32.0 Å². The van der Waals surface area contributed by atoms with Gasteiger partial charge in [0.25, 0.3) is 0 Å². The molecule has 1 fully saturated rings. The molecule has 1 N–H and O–H groups in total. The van der Waals surface area contributed by atoms with Gasteiger partial charge in [-0.2, -0.15) is 13.2 Å². The number of anilines is 1. The quantitative estimate of drug-likeness (QED) is 0.530. The molecule has 1 atom stereocenters. The zero-order valence-corrected chi connectivity index (χ0v) is 17.4. The number of rotatable bonds is 6. The third kappa shape index (κ3) is 4.90. The molecule has 0 spiro atoms. The van der Waals surface area contributed by atoms with E-state index in [1.165, 1.54) is 30.5 Å². The molecule has 170 valence electrons. The minimum atomic E-state index is -4.48. The Labute approximate surface area is 182 Å². The van der Waals surface area contributed by atoms with Gasteiger partial charge in [-0.3, -0.25) is 0 Å². The van der Waals surface area contributed by atoms with Gasteiger partial charge in [-0.25, -0.2) is 19.3 Å². The first-order chi connectivity index (χ1) is 15.3. The van der Waals surface area contributed by atoms with Crippen LogP contribution >= 0.6 is 0 Å². The van der Waals surface area contributed by atoms with Gasteiger partial charge in [-0.15, -0.1) is 0 Å². The van der Waals surface area contributed by atoms with Crippen LogP contribution in [0.4, 0.5) is 23.5 Å². The van der Waals surface area contributed by atoms with Crippen molar-refractivity contribution in [1.82, 2.24) is 19.5 Å². The molecule has 4 rings (SSSR count). The van der Waals surface area contributed by atoms with Gasteiger partial charge in [-0.05, 0) is 56.0 Å². The minimum absolute atomic E-state index is 0.193. The molecule has 32 heavy (non-hydrogen) atoms. The Bertz CT molecular complexity index is 1050. The van der Waals surface area contributed by atoms with Crippen LogP contribution in [0.1, 0.15) is 25.8 Å². The highest BCUT2D eigenvalue weighted by atomic mass is 19.4. The third-order valence-corrected chi connectivity index (χ3v) is 5.59. The first kappa shape index (κ1) is 22.2. The number of benzene rings is 1. The molecule has 2 aromatic heterocycles. The van der Waals surface area contributed by atoms with Crippen LogP contribution in [0.2, 0.25) is 0 Å². The largest absolute Gasteiger partial charge is 0.408 e. The number of nitrogens with zero attached hydrogens (tertiary/aromatic N) is 4. The van der Waals surface area contributed by atoms with Crippen LogP contribution in [0.3, 0.4) is 0 Å². The Hall–Kier alpha value is -3.01. The number of alkyl halides is 3. The average Bonchev–Trinajstić information content (AvgIpc) is 3.23. The van der Waals surface area contributed by atoms with E-state index < -0.39 is 18.0 Å². The summed E-state index contributed by atoms with van der Waals surface area (Å²) >= 11 is 0. The Morgan fingerprint density at radius 3 is 2.53 bits per heavy atom. The molecule has 10 heteroatoms. The van der Waals surface area contributed by atoms with Crippen molar-refractivity contribution in [2.75, 3.05) is 25.1 Å². The Kier molecular flexibility index (Phi) is 6.40. The third-order valence-electron chi connectivity index (χ3n) is 5.59. The molecule has 1 aliphatic rings. The zero-order chi connectivity index (χ0) is 22.7. The van der Waals surface area contributed by atoms with E-state index in [0.717, 1.165) is 30.7 Å². The highest BCUT2D eigenvalue weighted by Crippen LogP contribution is 2.38. The van der Waals surface area contributed by atoms with E-state index in [2.05, 4.69) is 20.3 Å². The van der Waals surface area contributed by atoms with Crippen LogP contribution in [-0.4, -0.2) is 45.5 Å². The molecule has 0 saturated carbocycles. The van der Waals surface area contributed by atoms with Crippen molar-refractivity contribution in [3.63, 3.8) is 0 Å². The van der Waals surface area contributed by atoms with E-state index in [-0.39, 0.29) is 11.4 Å². The molecule has 6 nitrogen and oxygen atoms in total. The summed E-state index contributed by atoms with van der Waals surface area (Å²) in [5, 5.41) is 3.18. The predicted octanol–water partition coefficient (Wildman–Crippen LogP) is 5.11. The van der Waals surface area contributed by atoms with Crippen LogP contribution in [0.15, 0.2) is 42.9 Å². The van der Waals surface area contributed by atoms with E-state index in [1.54, 1.807) is 6.07 Å². The first-order valence-electron chi connectivity index (χ1n) is 10.4. The summed E-state index contributed by atoms with van der Waals surface area (Å²) in [6, 6.07) is 5.17. The average molecular weight is 449 g/mol. The number of ether oxygens (including phenoxy) is 1. The Morgan fingerprint density at radius 1 is 1.12 bits per heavy atom. The first-order valence-corrected chi connectivity index (χ1v) is 10.4. The molecule has 1 unspecified atom stereocenters. The summed E-state index contributed by atoms with van der Waals surface area (Å²) in [6.07, 6.45) is 0.0172. The lowest BCUT2D eigenvalue weighted by molar-refractivity contribution is -0.162. The van der Waals surface area contributed by atoms with Crippen molar-refractivity contribution in [1.29, 1.82) is 0 Å². The maximum Gasteiger partial charge on any atom is 0.408 e. The molecule has 1 aliphatic heterocycles. The standard InChI is InChI=1S/C22H23F4N5O/c1-14(22(24,25)26)31-13-29-19(16-2-4-17(23)5-3-16)20(31)18-6-9-27-21(30-18)28-12-15-7-10-32-11-8-15/h2-6,9,13-15H,7-8,10-12H2,1H3,(H,27,28,30). The molecule has 3 heterocycles. The van der Waals surface area contributed by atoms with Crippen molar-refractivity contribution in [2.24, 2.45) is 5.92 Å². The Morgan fingerprint density at radius 2 is 1.84 bits per heavy atom. The summed E-state index contributed by atoms with van der Waals surface area (Å²) in [5.41, 5.74) is 1.26. The molecule has 1 saturated heterocycles. The van der Waals surface area contributed by atoms with Crippen LogP contribution in [0.25, 0.3) is 22.6 Å². The van der Waals surface area contributed by atoms with Gasteiger partial charge in [0.15, 0.2) is 0 Å². The van der Waals surface area contributed by atoms with E-state index in [9.17, 15) is 17.6 Å². The number of halogens is 4. The highest BCUT2D eigenvalue weighted by Gasteiger charge is 2.39. The van der Waals surface area contributed by atoms with Gasteiger partial charge in [0, 0.05) is 31.5 Å². The lowest BCUT2D eigenvalue weighted by Gasteiger charge is -2.22. The van der Waals surface area contributed by atoms with Gasteiger partial charge in [0.2, 0.25) is 5.95 Å². The number of nitrogens with one attached hydrogen (secondary N) is 1. The van der Waals surface area contributed by atoms with Crippen molar-refractivity contribution in [3.8, 4) is 22.6 Å². The van der Waals surface area contributed by atoms with Crippen molar-refractivity contribution < 1.29 is 22.3 Å². The lowest BCUT2D eigenvalue weighted by atomic mass is 10.0. The maximum atomic E-state index is 13.5. The van der Waals surface area contributed by atoms with Crippen LogP contribution < -0.4 is 5.32 Å². The molecule has 0 bridgehead atoms.